The molecule has 0 saturated heterocycles. The molecule has 0 N–H and O–H groups in total. The standard InChI is InChI=1S/C22H46O3S/c1-5-9-10-11-12-13-15-21(16-14-20-26)22(23-17-6-2,24-18-7-3)25-19-8-4/h21,26H,5-20H2,1-4H3. The summed E-state index contributed by atoms with van der Waals surface area (Å²) in [5.41, 5.74) is 0. The van der Waals surface area contributed by atoms with Crippen molar-refractivity contribution in [3.05, 3.63) is 0 Å². The molecule has 1 unspecified atom stereocenters. The van der Waals surface area contributed by atoms with Crippen LogP contribution in [0.1, 0.15) is 105 Å². The molecular formula is C22H46O3S. The van der Waals surface area contributed by atoms with Crippen LogP contribution in [0.25, 0.3) is 0 Å². The molecule has 0 aromatic heterocycles. The van der Waals surface area contributed by atoms with Gasteiger partial charge in [-0.2, -0.15) is 12.6 Å². The first-order valence-electron chi connectivity index (χ1n) is 11.2. The van der Waals surface area contributed by atoms with E-state index in [4.69, 9.17) is 14.2 Å². The van der Waals surface area contributed by atoms with Crippen LogP contribution in [0.3, 0.4) is 0 Å². The van der Waals surface area contributed by atoms with Gasteiger partial charge in [0.15, 0.2) is 0 Å². The lowest BCUT2D eigenvalue weighted by Crippen LogP contribution is -2.47. The summed E-state index contributed by atoms with van der Waals surface area (Å²) in [6, 6.07) is 0. The zero-order valence-electron chi connectivity index (χ0n) is 18.1. The van der Waals surface area contributed by atoms with Crippen LogP contribution in [0.5, 0.6) is 0 Å². The third-order valence-corrected chi connectivity index (χ3v) is 4.96. The molecule has 0 radical (unpaired) electrons. The highest BCUT2D eigenvalue weighted by Gasteiger charge is 2.41. The van der Waals surface area contributed by atoms with E-state index in [0.717, 1.165) is 44.3 Å². The van der Waals surface area contributed by atoms with Crippen molar-refractivity contribution in [2.45, 2.75) is 111 Å². The van der Waals surface area contributed by atoms with Gasteiger partial charge in [0.25, 0.3) is 5.97 Å². The van der Waals surface area contributed by atoms with Crippen LogP contribution in [0.15, 0.2) is 0 Å². The minimum atomic E-state index is -0.867. The average molecular weight is 391 g/mol. The molecule has 3 nitrogen and oxygen atoms in total. The Balaban J connectivity index is 4.98. The van der Waals surface area contributed by atoms with Crippen molar-refractivity contribution in [1.29, 1.82) is 0 Å². The second kappa shape index (κ2) is 18.6. The van der Waals surface area contributed by atoms with Gasteiger partial charge in [0.1, 0.15) is 0 Å². The van der Waals surface area contributed by atoms with Gasteiger partial charge in [-0.25, -0.2) is 0 Å². The largest absolute Gasteiger partial charge is 0.327 e. The van der Waals surface area contributed by atoms with Gasteiger partial charge >= 0.3 is 0 Å². The third kappa shape index (κ3) is 11.8. The molecule has 26 heavy (non-hydrogen) atoms. The number of hydrogen-bond donors (Lipinski definition) is 1. The molecule has 0 aliphatic rings. The number of unbranched alkanes of at least 4 members (excludes halogenated alkanes) is 5. The van der Waals surface area contributed by atoms with E-state index in [1.807, 2.05) is 0 Å². The normalized spacial score (nSPS) is 13.3. The Labute approximate surface area is 169 Å². The van der Waals surface area contributed by atoms with Gasteiger partial charge < -0.3 is 14.2 Å². The molecule has 0 aromatic rings. The van der Waals surface area contributed by atoms with E-state index in [0.29, 0.717) is 19.8 Å². The first kappa shape index (κ1) is 26.2. The number of rotatable bonds is 20. The van der Waals surface area contributed by atoms with E-state index in [1.165, 1.54) is 38.5 Å². The summed E-state index contributed by atoms with van der Waals surface area (Å²) in [5.74, 6) is 0.317. The van der Waals surface area contributed by atoms with Crippen molar-refractivity contribution in [3.63, 3.8) is 0 Å². The fourth-order valence-electron chi connectivity index (χ4n) is 3.22. The molecule has 0 bridgehead atoms. The van der Waals surface area contributed by atoms with Crippen molar-refractivity contribution in [2.75, 3.05) is 25.6 Å². The van der Waals surface area contributed by atoms with Crippen LogP contribution in [0.4, 0.5) is 0 Å². The van der Waals surface area contributed by atoms with E-state index in [2.05, 4.69) is 40.3 Å². The highest BCUT2D eigenvalue weighted by Crippen LogP contribution is 2.34. The van der Waals surface area contributed by atoms with Crippen molar-refractivity contribution >= 4 is 12.6 Å². The van der Waals surface area contributed by atoms with Gasteiger partial charge in [-0.1, -0.05) is 66.2 Å². The van der Waals surface area contributed by atoms with E-state index in [9.17, 15) is 0 Å². The van der Waals surface area contributed by atoms with Crippen LogP contribution in [0.2, 0.25) is 0 Å². The van der Waals surface area contributed by atoms with E-state index >= 15 is 0 Å². The van der Waals surface area contributed by atoms with E-state index in [-0.39, 0.29) is 5.92 Å². The molecule has 0 heterocycles. The monoisotopic (exact) mass is 390 g/mol. The first-order valence-corrected chi connectivity index (χ1v) is 11.9. The van der Waals surface area contributed by atoms with Crippen molar-refractivity contribution in [1.82, 2.24) is 0 Å². The van der Waals surface area contributed by atoms with Crippen molar-refractivity contribution in [2.24, 2.45) is 5.92 Å². The lowest BCUT2D eigenvalue weighted by atomic mass is 9.93. The Bertz CT molecular complexity index is 265. The summed E-state index contributed by atoms with van der Waals surface area (Å²) in [6.07, 6.45) is 14.0. The maximum Gasteiger partial charge on any atom is 0.285 e. The maximum absolute atomic E-state index is 6.27. The Morgan fingerprint density at radius 1 is 0.615 bits per heavy atom. The lowest BCUT2D eigenvalue weighted by molar-refractivity contribution is -0.406. The van der Waals surface area contributed by atoms with Gasteiger partial charge in [0, 0.05) is 5.92 Å². The Kier molecular flexibility index (Phi) is 18.8. The molecule has 0 aliphatic carbocycles. The zero-order valence-corrected chi connectivity index (χ0v) is 19.0. The molecule has 0 spiro atoms. The van der Waals surface area contributed by atoms with Crippen LogP contribution in [0, 0.1) is 5.92 Å². The minimum absolute atomic E-state index is 0.283. The van der Waals surface area contributed by atoms with Gasteiger partial charge in [-0.15, -0.1) is 0 Å². The van der Waals surface area contributed by atoms with Crippen molar-refractivity contribution in [3.8, 4) is 0 Å². The summed E-state index contributed by atoms with van der Waals surface area (Å²) in [4.78, 5) is 0. The van der Waals surface area contributed by atoms with E-state index in [1.54, 1.807) is 0 Å². The maximum atomic E-state index is 6.27. The average Bonchev–Trinajstić information content (AvgIpc) is 2.67. The summed E-state index contributed by atoms with van der Waals surface area (Å²) < 4.78 is 18.8. The van der Waals surface area contributed by atoms with Gasteiger partial charge in [0.05, 0.1) is 19.8 Å². The van der Waals surface area contributed by atoms with Gasteiger partial charge in [0.2, 0.25) is 0 Å². The molecule has 0 amide bonds. The molecule has 0 aromatic carbocycles. The first-order chi connectivity index (χ1) is 12.7. The molecule has 0 aliphatic heterocycles. The Morgan fingerprint density at radius 2 is 1.08 bits per heavy atom. The van der Waals surface area contributed by atoms with Gasteiger partial charge in [-0.05, 0) is 44.3 Å². The number of thiol groups is 1. The molecule has 0 saturated carbocycles. The second-order valence-electron chi connectivity index (χ2n) is 7.27. The van der Waals surface area contributed by atoms with Crippen LogP contribution >= 0.6 is 12.6 Å². The number of ether oxygens (including phenoxy) is 3. The molecule has 0 fully saturated rings. The Hall–Kier alpha value is 0.230. The summed E-state index contributed by atoms with van der Waals surface area (Å²) in [6.45, 7) is 10.7. The predicted octanol–water partition coefficient (Wildman–Crippen LogP) is 7.00. The summed E-state index contributed by atoms with van der Waals surface area (Å²) in [5, 5.41) is 0. The lowest BCUT2D eigenvalue weighted by Gasteiger charge is -2.40. The Morgan fingerprint density at radius 3 is 1.54 bits per heavy atom. The second-order valence-corrected chi connectivity index (χ2v) is 7.72. The fraction of sp³-hybridized carbons (Fsp3) is 1.00. The topological polar surface area (TPSA) is 27.7 Å². The molecule has 4 heteroatoms. The highest BCUT2D eigenvalue weighted by molar-refractivity contribution is 7.80. The third-order valence-electron chi connectivity index (χ3n) is 4.64. The van der Waals surface area contributed by atoms with Crippen LogP contribution in [-0.4, -0.2) is 31.5 Å². The zero-order chi connectivity index (χ0) is 19.5. The molecule has 1 atom stereocenters. The minimum Gasteiger partial charge on any atom is -0.327 e. The SMILES string of the molecule is CCCCCCCCC(CCCS)C(OCCC)(OCCC)OCCC. The summed E-state index contributed by atoms with van der Waals surface area (Å²) in [7, 11) is 0. The molecular weight excluding hydrogens is 344 g/mol. The molecule has 0 rings (SSSR count). The summed E-state index contributed by atoms with van der Waals surface area (Å²) >= 11 is 4.43. The quantitative estimate of drug-likeness (QED) is 0.138. The van der Waals surface area contributed by atoms with Crippen LogP contribution in [-0.2, 0) is 14.2 Å². The number of hydrogen-bond acceptors (Lipinski definition) is 4. The van der Waals surface area contributed by atoms with E-state index < -0.39 is 5.97 Å². The highest BCUT2D eigenvalue weighted by atomic mass is 32.1. The smallest absolute Gasteiger partial charge is 0.285 e. The fourth-order valence-corrected chi connectivity index (χ4v) is 3.40. The van der Waals surface area contributed by atoms with Crippen LogP contribution < -0.4 is 0 Å². The predicted molar refractivity (Wildman–Crippen MR) is 116 cm³/mol. The van der Waals surface area contributed by atoms with Crippen molar-refractivity contribution < 1.29 is 14.2 Å². The van der Waals surface area contributed by atoms with Gasteiger partial charge in [-0.3, -0.25) is 0 Å². The molecule has 158 valence electrons.